The van der Waals surface area contributed by atoms with Crippen molar-refractivity contribution in [1.82, 2.24) is 14.3 Å². The first-order chi connectivity index (χ1) is 8.74. The van der Waals surface area contributed by atoms with Crippen molar-refractivity contribution in [2.24, 2.45) is 0 Å². The third-order valence-electron chi connectivity index (χ3n) is 2.83. The zero-order valence-electron chi connectivity index (χ0n) is 10.5. The number of rotatable bonds is 3. The monoisotopic (exact) mass is 289 g/mol. The number of carbonyl (C=O) groups is 1. The van der Waals surface area contributed by atoms with E-state index in [0.717, 1.165) is 4.31 Å². The number of aromatic nitrogens is 2. The Labute approximate surface area is 110 Å². The van der Waals surface area contributed by atoms with Crippen molar-refractivity contribution in [3.8, 4) is 0 Å². The molecule has 2 heterocycles. The Hall–Kier alpha value is -1.45. The van der Waals surface area contributed by atoms with Crippen molar-refractivity contribution in [3.05, 3.63) is 12.4 Å². The summed E-state index contributed by atoms with van der Waals surface area (Å²) >= 11 is 0. The van der Waals surface area contributed by atoms with Gasteiger partial charge in [0.25, 0.3) is 10.0 Å². The van der Waals surface area contributed by atoms with Crippen LogP contribution in [0.2, 0.25) is 0 Å². The molecule has 1 atom stereocenters. The molecule has 0 aromatic carbocycles. The highest BCUT2D eigenvalue weighted by Crippen LogP contribution is 2.26. The summed E-state index contributed by atoms with van der Waals surface area (Å²) in [7, 11) is -3.98. The molecule has 1 aromatic heterocycles. The van der Waals surface area contributed by atoms with E-state index in [1.807, 2.05) is 0 Å². The standard InChI is InChI=1S/C10H15N3O5S/c1-10(2)6-13(7(5-18-10)8(14)15)19(16,17)9-11-3-4-12-9/h3-4,7H,5-6H2,1-2H3,(H,11,12)(H,14,15). The van der Waals surface area contributed by atoms with Crippen molar-refractivity contribution in [2.45, 2.75) is 30.6 Å². The van der Waals surface area contributed by atoms with Crippen molar-refractivity contribution in [3.63, 3.8) is 0 Å². The zero-order chi connectivity index (χ0) is 14.3. The van der Waals surface area contributed by atoms with Crippen LogP contribution in [0.3, 0.4) is 0 Å². The van der Waals surface area contributed by atoms with Gasteiger partial charge < -0.3 is 14.8 Å². The third kappa shape index (κ3) is 2.62. The topological polar surface area (TPSA) is 113 Å². The molecular formula is C10H15N3O5S. The summed E-state index contributed by atoms with van der Waals surface area (Å²) in [5.74, 6) is -1.24. The number of hydrogen-bond donors (Lipinski definition) is 2. The van der Waals surface area contributed by atoms with Gasteiger partial charge in [-0.1, -0.05) is 0 Å². The first-order valence-electron chi connectivity index (χ1n) is 5.62. The molecule has 0 spiro atoms. The number of carboxylic acid groups (broad SMARTS) is 1. The quantitative estimate of drug-likeness (QED) is 0.787. The number of aliphatic carboxylic acids is 1. The molecule has 2 rings (SSSR count). The van der Waals surface area contributed by atoms with Gasteiger partial charge in [-0.3, -0.25) is 4.79 Å². The van der Waals surface area contributed by atoms with Crippen molar-refractivity contribution in [2.75, 3.05) is 13.2 Å². The fourth-order valence-electron chi connectivity index (χ4n) is 1.87. The average Bonchev–Trinajstić information content (AvgIpc) is 2.81. The largest absolute Gasteiger partial charge is 0.480 e. The van der Waals surface area contributed by atoms with E-state index >= 15 is 0 Å². The molecule has 1 saturated heterocycles. The summed E-state index contributed by atoms with van der Waals surface area (Å²) < 4.78 is 31.0. The molecule has 0 saturated carbocycles. The van der Waals surface area contributed by atoms with Gasteiger partial charge in [-0.05, 0) is 13.8 Å². The molecule has 1 aromatic rings. The van der Waals surface area contributed by atoms with Crippen molar-refractivity contribution < 1.29 is 23.1 Å². The Morgan fingerprint density at radius 2 is 2.32 bits per heavy atom. The number of nitrogens with zero attached hydrogens (tertiary/aromatic N) is 2. The lowest BCUT2D eigenvalue weighted by Crippen LogP contribution is -2.58. The number of hydrogen-bond acceptors (Lipinski definition) is 5. The minimum atomic E-state index is -3.98. The number of morpholine rings is 1. The van der Waals surface area contributed by atoms with Crippen LogP contribution >= 0.6 is 0 Å². The number of ether oxygens (including phenoxy) is 1. The second-order valence-corrected chi connectivity index (χ2v) is 6.68. The highest BCUT2D eigenvalue weighted by atomic mass is 32.2. The number of carboxylic acids is 1. The Balaban J connectivity index is 2.40. The van der Waals surface area contributed by atoms with Gasteiger partial charge in [-0.2, -0.15) is 4.31 Å². The van der Waals surface area contributed by atoms with E-state index in [-0.39, 0.29) is 18.3 Å². The first kappa shape index (κ1) is 14.0. The number of aromatic amines is 1. The predicted octanol–water partition coefficient (Wildman–Crippen LogP) is -0.338. The second kappa shape index (κ2) is 4.58. The summed E-state index contributed by atoms with van der Waals surface area (Å²) in [5, 5.41) is 8.86. The van der Waals surface area contributed by atoms with E-state index in [1.165, 1.54) is 12.4 Å². The number of H-pyrrole nitrogens is 1. The van der Waals surface area contributed by atoms with Crippen LogP contribution in [0.5, 0.6) is 0 Å². The van der Waals surface area contributed by atoms with E-state index < -0.39 is 27.6 Å². The minimum absolute atomic E-state index is 0.0486. The maximum absolute atomic E-state index is 12.4. The van der Waals surface area contributed by atoms with Crippen molar-refractivity contribution in [1.29, 1.82) is 0 Å². The maximum atomic E-state index is 12.4. The SMILES string of the molecule is CC1(C)CN(S(=O)(=O)c2ncc[nH]2)C(C(=O)O)CO1. The molecule has 106 valence electrons. The third-order valence-corrected chi connectivity index (χ3v) is 4.54. The normalized spacial score (nSPS) is 24.2. The van der Waals surface area contributed by atoms with Crippen LogP contribution in [-0.4, -0.2) is 58.6 Å². The molecule has 1 aliphatic heterocycles. The van der Waals surface area contributed by atoms with Gasteiger partial charge >= 0.3 is 5.97 Å². The van der Waals surface area contributed by atoms with Gasteiger partial charge in [0.05, 0.1) is 12.2 Å². The molecule has 0 amide bonds. The number of sulfonamides is 1. The molecule has 8 nitrogen and oxygen atoms in total. The van der Waals surface area contributed by atoms with Crippen molar-refractivity contribution >= 4 is 16.0 Å². The molecule has 0 aliphatic carbocycles. The van der Waals surface area contributed by atoms with Gasteiger partial charge in [0.1, 0.15) is 6.04 Å². The molecule has 1 fully saturated rings. The molecule has 2 N–H and O–H groups in total. The fraction of sp³-hybridized carbons (Fsp3) is 0.600. The zero-order valence-corrected chi connectivity index (χ0v) is 11.3. The summed E-state index contributed by atoms with van der Waals surface area (Å²) in [6.45, 7) is 3.17. The molecule has 0 radical (unpaired) electrons. The fourth-order valence-corrected chi connectivity index (χ4v) is 3.47. The highest BCUT2D eigenvalue weighted by Gasteiger charge is 2.45. The molecule has 19 heavy (non-hydrogen) atoms. The van der Waals surface area contributed by atoms with E-state index in [1.54, 1.807) is 13.8 Å². The van der Waals surface area contributed by atoms with Gasteiger partial charge in [-0.15, -0.1) is 0 Å². The first-order valence-corrected chi connectivity index (χ1v) is 7.06. The van der Waals surface area contributed by atoms with Gasteiger partial charge in [-0.25, -0.2) is 13.4 Å². The number of imidazole rings is 1. The lowest BCUT2D eigenvalue weighted by atomic mass is 10.1. The Morgan fingerprint density at radius 1 is 1.63 bits per heavy atom. The Morgan fingerprint density at radius 3 is 2.84 bits per heavy atom. The van der Waals surface area contributed by atoms with Crippen LogP contribution in [0.4, 0.5) is 0 Å². The molecular weight excluding hydrogens is 274 g/mol. The lowest BCUT2D eigenvalue weighted by Gasteiger charge is -2.40. The van der Waals surface area contributed by atoms with E-state index in [0.29, 0.717) is 0 Å². The summed E-state index contributed by atoms with van der Waals surface area (Å²) in [4.78, 5) is 17.3. The predicted molar refractivity (Wildman–Crippen MR) is 63.9 cm³/mol. The molecule has 1 unspecified atom stereocenters. The van der Waals surface area contributed by atoms with Crippen LogP contribution in [0.25, 0.3) is 0 Å². The van der Waals surface area contributed by atoms with E-state index in [4.69, 9.17) is 9.84 Å². The summed E-state index contributed by atoms with van der Waals surface area (Å²) in [6, 6.07) is -1.25. The van der Waals surface area contributed by atoms with Crippen LogP contribution < -0.4 is 0 Å². The average molecular weight is 289 g/mol. The van der Waals surface area contributed by atoms with Crippen LogP contribution in [0, 0.1) is 0 Å². The van der Waals surface area contributed by atoms with Crippen LogP contribution in [0.1, 0.15) is 13.8 Å². The summed E-state index contributed by atoms with van der Waals surface area (Å²) in [5.41, 5.74) is -0.744. The maximum Gasteiger partial charge on any atom is 0.324 e. The molecule has 9 heteroatoms. The van der Waals surface area contributed by atoms with Gasteiger partial charge in [0, 0.05) is 18.9 Å². The molecule has 1 aliphatic rings. The Bertz CT molecular complexity index is 566. The van der Waals surface area contributed by atoms with Gasteiger partial charge in [0.2, 0.25) is 5.16 Å². The Kier molecular flexibility index (Phi) is 3.37. The lowest BCUT2D eigenvalue weighted by molar-refractivity contribution is -0.154. The summed E-state index contributed by atoms with van der Waals surface area (Å²) in [6.07, 6.45) is 2.67. The van der Waals surface area contributed by atoms with E-state index in [9.17, 15) is 13.2 Å². The van der Waals surface area contributed by atoms with Crippen LogP contribution in [0.15, 0.2) is 17.6 Å². The van der Waals surface area contributed by atoms with E-state index in [2.05, 4.69) is 9.97 Å². The van der Waals surface area contributed by atoms with Gasteiger partial charge in [0.15, 0.2) is 0 Å². The molecule has 0 bridgehead atoms. The smallest absolute Gasteiger partial charge is 0.324 e. The second-order valence-electron chi connectivity index (χ2n) is 4.87. The highest BCUT2D eigenvalue weighted by molar-refractivity contribution is 7.89. The minimum Gasteiger partial charge on any atom is -0.480 e. The van der Waals surface area contributed by atoms with Crippen LogP contribution in [-0.2, 0) is 19.6 Å². The number of nitrogens with one attached hydrogen (secondary N) is 1.